The van der Waals surface area contributed by atoms with Crippen molar-refractivity contribution in [1.82, 2.24) is 0 Å². The fraction of sp³-hybridized carbons (Fsp3) is 0.364. The van der Waals surface area contributed by atoms with Crippen LogP contribution in [-0.4, -0.2) is 29.7 Å². The number of anilines is 3. The topological polar surface area (TPSA) is 93.5 Å². The Balaban J connectivity index is 1.74. The molecule has 0 spiro atoms. The number of halogens is 7. The molecule has 2 atom stereocenters. The van der Waals surface area contributed by atoms with E-state index in [2.05, 4.69) is 15.4 Å². The van der Waals surface area contributed by atoms with Crippen molar-refractivity contribution in [2.24, 2.45) is 5.73 Å². The second-order valence-corrected chi connectivity index (χ2v) is 9.54. The van der Waals surface area contributed by atoms with Gasteiger partial charge in [0.15, 0.2) is 5.60 Å². The maximum absolute atomic E-state index is 13.7. The van der Waals surface area contributed by atoms with Gasteiger partial charge >= 0.3 is 18.3 Å². The zero-order valence-electron chi connectivity index (χ0n) is 18.1. The third-order valence-corrected chi connectivity index (χ3v) is 6.90. The van der Waals surface area contributed by atoms with Gasteiger partial charge < -0.3 is 21.1 Å². The zero-order valence-corrected chi connectivity index (χ0v) is 19.0. The van der Waals surface area contributed by atoms with Gasteiger partial charge in [0.25, 0.3) is 5.91 Å². The fourth-order valence-corrected chi connectivity index (χ4v) is 5.17. The molecule has 1 fully saturated rings. The fourth-order valence-electron chi connectivity index (χ4n) is 4.12. The number of fused-ring (bicyclic) bond motifs is 2. The molecule has 0 saturated heterocycles. The summed E-state index contributed by atoms with van der Waals surface area (Å²) in [5, 5.41) is 4.98. The number of alkyl halides is 6. The molecule has 0 aromatic heterocycles. The Morgan fingerprint density at radius 2 is 1.83 bits per heavy atom. The van der Waals surface area contributed by atoms with Gasteiger partial charge in [-0.05, 0) is 49.6 Å². The van der Waals surface area contributed by atoms with Gasteiger partial charge in [-0.2, -0.15) is 26.3 Å². The smallest absolute Gasteiger partial charge is 0.442 e. The highest BCUT2D eigenvalue weighted by Crippen LogP contribution is 2.50. The number of esters is 1. The van der Waals surface area contributed by atoms with Crippen molar-refractivity contribution in [2.45, 2.75) is 59.5 Å². The molecule has 2 aliphatic rings. The van der Waals surface area contributed by atoms with E-state index in [4.69, 9.17) is 5.73 Å². The minimum atomic E-state index is -5.41. The minimum Gasteiger partial charge on any atom is -0.442 e. The third-order valence-electron chi connectivity index (χ3n) is 5.78. The molecule has 2 aromatic carbocycles. The van der Waals surface area contributed by atoms with E-state index in [9.17, 15) is 40.3 Å². The lowest BCUT2D eigenvalue weighted by Crippen LogP contribution is -2.54. The van der Waals surface area contributed by atoms with Crippen LogP contribution in [0.1, 0.15) is 31.2 Å². The number of benzene rings is 2. The van der Waals surface area contributed by atoms with E-state index in [0.717, 1.165) is 30.0 Å². The van der Waals surface area contributed by atoms with Crippen molar-refractivity contribution in [2.75, 3.05) is 10.6 Å². The Hall–Kier alpha value is -3.00. The molecule has 36 heavy (non-hydrogen) atoms. The highest BCUT2D eigenvalue weighted by Gasteiger charge is 2.52. The number of rotatable bonds is 3. The maximum atomic E-state index is 13.7. The van der Waals surface area contributed by atoms with Crippen LogP contribution < -0.4 is 16.4 Å². The number of hydrogen-bond acceptors (Lipinski definition) is 6. The largest absolute Gasteiger partial charge is 0.490 e. The van der Waals surface area contributed by atoms with Crippen LogP contribution in [0.5, 0.6) is 0 Å². The molecule has 1 saturated carbocycles. The molecule has 14 heteroatoms. The summed E-state index contributed by atoms with van der Waals surface area (Å²) in [6.07, 6.45) is -10.5. The van der Waals surface area contributed by atoms with E-state index in [-0.39, 0.29) is 29.1 Å². The first-order valence-electron chi connectivity index (χ1n) is 10.5. The molecule has 1 aliphatic heterocycles. The number of amides is 1. The number of nitrogens with one attached hydrogen (secondary N) is 2. The van der Waals surface area contributed by atoms with Crippen molar-refractivity contribution >= 4 is 40.7 Å². The summed E-state index contributed by atoms with van der Waals surface area (Å²) < 4.78 is 98.0. The van der Waals surface area contributed by atoms with E-state index < -0.39 is 59.4 Å². The molecule has 1 amide bonds. The quantitative estimate of drug-likeness (QED) is 0.292. The average Bonchev–Trinajstić information content (AvgIpc) is 2.76. The van der Waals surface area contributed by atoms with Crippen LogP contribution >= 0.6 is 11.8 Å². The molecule has 4 N–H and O–H groups in total. The molecular weight excluding hydrogens is 519 g/mol. The summed E-state index contributed by atoms with van der Waals surface area (Å²) in [5.74, 6) is -4.50. The second-order valence-electron chi connectivity index (χ2n) is 8.45. The molecule has 2 aromatic rings. The van der Waals surface area contributed by atoms with Crippen LogP contribution in [0, 0.1) is 5.82 Å². The minimum absolute atomic E-state index is 0.0286. The lowest BCUT2D eigenvalue weighted by atomic mass is 9.81. The highest BCUT2D eigenvalue weighted by atomic mass is 32.2. The van der Waals surface area contributed by atoms with Gasteiger partial charge in [-0.25, -0.2) is 9.18 Å². The van der Waals surface area contributed by atoms with E-state index >= 15 is 0 Å². The van der Waals surface area contributed by atoms with Crippen LogP contribution in [0.4, 0.5) is 47.8 Å². The van der Waals surface area contributed by atoms with Crippen molar-refractivity contribution < 1.29 is 45.1 Å². The van der Waals surface area contributed by atoms with Crippen molar-refractivity contribution in [3.8, 4) is 0 Å². The Bertz CT molecular complexity index is 1220. The lowest BCUT2D eigenvalue weighted by molar-refractivity contribution is -0.216. The zero-order chi connectivity index (χ0) is 26.5. The SMILES string of the molecule is NC1CCCC(OC(=O)C(F)(F)F)(C(=O)Nc2cc(C(F)(F)F)cc3c2Nc2cc(F)ccc2S3)C1. The Morgan fingerprint density at radius 1 is 1.11 bits per heavy atom. The first-order valence-corrected chi connectivity index (χ1v) is 11.4. The highest BCUT2D eigenvalue weighted by molar-refractivity contribution is 7.99. The number of carbonyl (C=O) groups is 2. The van der Waals surface area contributed by atoms with E-state index in [0.29, 0.717) is 17.4 Å². The standard InChI is InChI=1S/C22H18F7N3O3S/c23-11-3-4-15-13(8-11)31-17-14(6-10(21(24,25)26)7-16(17)36-15)32-18(33)20(5-1-2-12(30)9-20)35-19(34)22(27,28)29/h3-4,6-8,12,31H,1-2,5,9,30H2,(H,32,33). The van der Waals surface area contributed by atoms with E-state index in [1.165, 1.54) is 6.07 Å². The van der Waals surface area contributed by atoms with Crippen molar-refractivity contribution in [3.05, 3.63) is 41.7 Å². The van der Waals surface area contributed by atoms with Gasteiger partial charge in [-0.1, -0.05) is 11.8 Å². The van der Waals surface area contributed by atoms with Crippen molar-refractivity contribution in [1.29, 1.82) is 0 Å². The molecular formula is C22H18F7N3O3S. The predicted octanol–water partition coefficient (Wildman–Crippen LogP) is 5.74. The maximum Gasteiger partial charge on any atom is 0.490 e. The van der Waals surface area contributed by atoms with E-state index in [1.807, 2.05) is 0 Å². The van der Waals surface area contributed by atoms with E-state index in [1.54, 1.807) is 0 Å². The second kappa shape index (κ2) is 9.14. The van der Waals surface area contributed by atoms with Gasteiger partial charge in [0, 0.05) is 22.3 Å². The molecule has 194 valence electrons. The summed E-state index contributed by atoms with van der Waals surface area (Å²) in [7, 11) is 0. The predicted molar refractivity (Wildman–Crippen MR) is 115 cm³/mol. The van der Waals surface area contributed by atoms with Crippen LogP contribution in [0.3, 0.4) is 0 Å². The van der Waals surface area contributed by atoms with Crippen LogP contribution in [0.25, 0.3) is 0 Å². The monoisotopic (exact) mass is 537 g/mol. The normalized spacial score (nSPS) is 21.6. The number of ether oxygens (including phenoxy) is 1. The average molecular weight is 537 g/mol. The van der Waals surface area contributed by atoms with Gasteiger partial charge in [0.1, 0.15) is 5.82 Å². The summed E-state index contributed by atoms with van der Waals surface area (Å²) >= 11 is 0.877. The molecule has 0 bridgehead atoms. The van der Waals surface area contributed by atoms with Gasteiger partial charge in [-0.15, -0.1) is 0 Å². The summed E-state index contributed by atoms with van der Waals surface area (Å²) in [6, 6.07) is 4.21. The Kier molecular flexibility index (Phi) is 6.62. The number of hydrogen-bond donors (Lipinski definition) is 3. The van der Waals surface area contributed by atoms with Gasteiger partial charge in [0.05, 0.1) is 22.6 Å². The molecule has 4 rings (SSSR count). The Morgan fingerprint density at radius 3 is 2.47 bits per heavy atom. The Labute approximate surface area is 203 Å². The van der Waals surface area contributed by atoms with Crippen molar-refractivity contribution in [3.63, 3.8) is 0 Å². The molecule has 1 aliphatic carbocycles. The van der Waals surface area contributed by atoms with Crippen LogP contribution in [0.2, 0.25) is 0 Å². The van der Waals surface area contributed by atoms with Gasteiger partial charge in [0.2, 0.25) is 0 Å². The molecule has 1 heterocycles. The third kappa shape index (κ3) is 5.24. The molecule has 6 nitrogen and oxygen atoms in total. The first kappa shape index (κ1) is 26.1. The first-order chi connectivity index (χ1) is 16.7. The number of nitrogens with two attached hydrogens (primary N) is 1. The van der Waals surface area contributed by atoms with Gasteiger partial charge in [-0.3, -0.25) is 4.79 Å². The summed E-state index contributed by atoms with van der Waals surface area (Å²) in [6.45, 7) is 0. The van der Waals surface area contributed by atoms with Crippen LogP contribution in [0.15, 0.2) is 40.1 Å². The number of carbonyl (C=O) groups excluding carboxylic acids is 2. The lowest BCUT2D eigenvalue weighted by Gasteiger charge is -2.38. The molecule has 0 radical (unpaired) electrons. The van der Waals surface area contributed by atoms with Crippen LogP contribution in [-0.2, 0) is 20.5 Å². The summed E-state index contributed by atoms with van der Waals surface area (Å²) in [5.41, 5.74) is 2.08. The summed E-state index contributed by atoms with van der Waals surface area (Å²) in [4.78, 5) is 25.3. The molecule has 2 unspecified atom stereocenters.